The summed E-state index contributed by atoms with van der Waals surface area (Å²) in [6, 6.07) is 0. The number of ketones is 1. The van der Waals surface area contributed by atoms with Gasteiger partial charge in [-0.15, -0.1) is 0 Å². The van der Waals surface area contributed by atoms with Gasteiger partial charge in [-0.2, -0.15) is 0 Å². The van der Waals surface area contributed by atoms with E-state index in [1.54, 1.807) is 0 Å². The van der Waals surface area contributed by atoms with Crippen molar-refractivity contribution in [3.8, 4) is 0 Å². The largest absolute Gasteiger partial charge is 1.00 e. The van der Waals surface area contributed by atoms with Crippen molar-refractivity contribution in [2.24, 2.45) is 0 Å². The Balaban J connectivity index is 0. The topological polar surface area (TPSA) is 37.3 Å². The van der Waals surface area contributed by atoms with E-state index >= 15 is 0 Å². The fourth-order valence-corrected chi connectivity index (χ4v) is 1.08. The SMILES string of the molecule is C[N+](C)(C)CC(O)C(=O)CBr.[Br-]. The summed E-state index contributed by atoms with van der Waals surface area (Å²) in [7, 11) is 5.81. The Morgan fingerprint density at radius 1 is 1.50 bits per heavy atom. The van der Waals surface area contributed by atoms with E-state index in [4.69, 9.17) is 0 Å². The Morgan fingerprint density at radius 2 is 1.92 bits per heavy atom. The lowest BCUT2D eigenvalue weighted by molar-refractivity contribution is -0.872. The number of alkyl halides is 1. The molecule has 5 heteroatoms. The smallest absolute Gasteiger partial charge is 0.177 e. The second-order valence-corrected chi connectivity index (χ2v) is 4.15. The molecule has 0 heterocycles. The van der Waals surface area contributed by atoms with Crippen molar-refractivity contribution >= 4 is 21.7 Å². The van der Waals surface area contributed by atoms with Gasteiger partial charge in [-0.3, -0.25) is 4.79 Å². The first-order valence-electron chi connectivity index (χ1n) is 3.44. The highest BCUT2D eigenvalue weighted by Gasteiger charge is 2.20. The molecular weight excluding hydrogens is 290 g/mol. The van der Waals surface area contributed by atoms with Gasteiger partial charge in [0.1, 0.15) is 6.54 Å². The zero-order chi connectivity index (χ0) is 9.07. The summed E-state index contributed by atoms with van der Waals surface area (Å²) in [5.74, 6) is -0.155. The van der Waals surface area contributed by atoms with Crippen LogP contribution in [0, 0.1) is 0 Å². The molecule has 0 amide bonds. The maximum absolute atomic E-state index is 10.9. The summed E-state index contributed by atoms with van der Waals surface area (Å²) in [6.45, 7) is 0.463. The number of Topliss-reactive ketones (excluding diaryl/α,β-unsaturated/α-hetero) is 1. The molecule has 0 aromatic carbocycles. The number of aliphatic hydroxyl groups is 1. The normalized spacial score (nSPS) is 13.4. The first-order valence-corrected chi connectivity index (χ1v) is 4.56. The van der Waals surface area contributed by atoms with Gasteiger partial charge < -0.3 is 26.6 Å². The second kappa shape index (κ2) is 6.07. The number of rotatable bonds is 4. The molecule has 1 unspecified atom stereocenters. The quantitative estimate of drug-likeness (QED) is 0.445. The summed E-state index contributed by atoms with van der Waals surface area (Å²) >= 11 is 3.01. The number of nitrogens with zero attached hydrogens (tertiary/aromatic N) is 1. The Morgan fingerprint density at radius 3 is 2.17 bits per heavy atom. The Kier molecular flexibility index (Phi) is 7.61. The maximum atomic E-state index is 10.9. The molecule has 74 valence electrons. The zero-order valence-electron chi connectivity index (χ0n) is 7.55. The monoisotopic (exact) mass is 303 g/mol. The van der Waals surface area contributed by atoms with Gasteiger partial charge in [0.2, 0.25) is 0 Å². The molecule has 0 radical (unpaired) electrons. The van der Waals surface area contributed by atoms with Crippen molar-refractivity contribution < 1.29 is 31.4 Å². The predicted molar refractivity (Wildman–Crippen MR) is 47.7 cm³/mol. The molecule has 0 aromatic rings. The summed E-state index contributed by atoms with van der Waals surface area (Å²) in [5, 5.41) is 9.49. The van der Waals surface area contributed by atoms with Crippen LogP contribution in [0.1, 0.15) is 0 Å². The van der Waals surface area contributed by atoms with E-state index in [0.717, 1.165) is 0 Å². The fraction of sp³-hybridized carbons (Fsp3) is 0.857. The number of quaternary nitrogens is 1. The molecule has 1 N–H and O–H groups in total. The predicted octanol–water partition coefficient (Wildman–Crippen LogP) is -2.98. The van der Waals surface area contributed by atoms with Crippen LogP contribution in [0.15, 0.2) is 0 Å². The van der Waals surface area contributed by atoms with Crippen molar-refractivity contribution in [1.29, 1.82) is 0 Å². The van der Waals surface area contributed by atoms with Crippen molar-refractivity contribution in [2.75, 3.05) is 33.0 Å². The van der Waals surface area contributed by atoms with Crippen LogP contribution < -0.4 is 17.0 Å². The highest BCUT2D eigenvalue weighted by atomic mass is 79.9. The van der Waals surface area contributed by atoms with Gasteiger partial charge in [0.15, 0.2) is 11.9 Å². The van der Waals surface area contributed by atoms with Crippen LogP contribution in [0.5, 0.6) is 0 Å². The Labute approximate surface area is 92.2 Å². The lowest BCUT2D eigenvalue weighted by atomic mass is 10.2. The molecule has 0 aromatic heterocycles. The highest BCUT2D eigenvalue weighted by Crippen LogP contribution is 1.97. The van der Waals surface area contributed by atoms with Gasteiger partial charge in [0, 0.05) is 0 Å². The van der Waals surface area contributed by atoms with Gasteiger partial charge in [0.25, 0.3) is 0 Å². The first-order chi connectivity index (χ1) is 4.87. The van der Waals surface area contributed by atoms with Crippen LogP contribution in [-0.4, -0.2) is 54.5 Å². The number of hydrogen-bond donors (Lipinski definition) is 1. The highest BCUT2D eigenvalue weighted by molar-refractivity contribution is 9.09. The lowest BCUT2D eigenvalue weighted by Crippen LogP contribution is -3.00. The zero-order valence-corrected chi connectivity index (χ0v) is 10.7. The fourth-order valence-electron chi connectivity index (χ4n) is 0.710. The van der Waals surface area contributed by atoms with Crippen LogP contribution in [0.3, 0.4) is 0 Å². The molecule has 0 saturated carbocycles. The maximum Gasteiger partial charge on any atom is 0.177 e. The summed E-state index contributed by atoms with van der Waals surface area (Å²) in [6.07, 6.45) is -0.839. The molecule has 0 aliphatic rings. The Bertz CT molecular complexity index is 145. The van der Waals surface area contributed by atoms with E-state index < -0.39 is 6.10 Å². The minimum absolute atomic E-state index is 0. The minimum Gasteiger partial charge on any atom is -1.00 e. The average Bonchev–Trinajstić information content (AvgIpc) is 1.82. The molecule has 0 aliphatic heterocycles. The average molecular weight is 305 g/mol. The molecule has 0 bridgehead atoms. The van der Waals surface area contributed by atoms with E-state index in [1.807, 2.05) is 21.1 Å². The molecule has 1 atom stereocenters. The van der Waals surface area contributed by atoms with E-state index in [2.05, 4.69) is 15.9 Å². The summed E-state index contributed by atoms with van der Waals surface area (Å²) < 4.78 is 0.597. The minimum atomic E-state index is -0.839. The van der Waals surface area contributed by atoms with Crippen LogP contribution in [0.4, 0.5) is 0 Å². The number of aliphatic hydroxyl groups excluding tert-OH is 1. The molecule has 12 heavy (non-hydrogen) atoms. The van der Waals surface area contributed by atoms with Gasteiger partial charge in [-0.25, -0.2) is 0 Å². The molecule has 3 nitrogen and oxygen atoms in total. The van der Waals surface area contributed by atoms with Crippen molar-refractivity contribution in [2.45, 2.75) is 6.10 Å². The molecule has 0 rings (SSSR count). The third-order valence-electron chi connectivity index (χ3n) is 1.22. The first kappa shape index (κ1) is 15.0. The third kappa shape index (κ3) is 7.21. The van der Waals surface area contributed by atoms with E-state index in [1.165, 1.54) is 0 Å². The van der Waals surface area contributed by atoms with Gasteiger partial charge in [-0.05, 0) is 0 Å². The number of hydrogen-bond acceptors (Lipinski definition) is 2. The molecular formula is C7H15Br2NO2. The molecule has 0 fully saturated rings. The van der Waals surface area contributed by atoms with Gasteiger partial charge in [0.05, 0.1) is 26.5 Å². The molecule has 0 aliphatic carbocycles. The van der Waals surface area contributed by atoms with Crippen LogP contribution in [0.25, 0.3) is 0 Å². The standard InChI is InChI=1S/C7H15BrNO2.BrH/c1-9(2,3)5-7(11)6(10)4-8;/h7,11H,4-5H2,1-3H3;1H/q+1;/p-1. The second-order valence-electron chi connectivity index (χ2n) is 3.59. The Hall–Kier alpha value is 0.550. The van der Waals surface area contributed by atoms with Crippen LogP contribution in [0.2, 0.25) is 0 Å². The van der Waals surface area contributed by atoms with Crippen LogP contribution >= 0.6 is 15.9 Å². The van der Waals surface area contributed by atoms with Crippen molar-refractivity contribution in [3.05, 3.63) is 0 Å². The lowest BCUT2D eigenvalue weighted by Gasteiger charge is -2.25. The molecule has 0 saturated heterocycles. The van der Waals surface area contributed by atoms with Gasteiger partial charge >= 0.3 is 0 Å². The number of carbonyl (C=O) groups is 1. The summed E-state index contributed by atoms with van der Waals surface area (Å²) in [5.41, 5.74) is 0. The van der Waals surface area contributed by atoms with Crippen molar-refractivity contribution in [1.82, 2.24) is 0 Å². The van der Waals surface area contributed by atoms with E-state index in [0.29, 0.717) is 11.0 Å². The van der Waals surface area contributed by atoms with E-state index in [9.17, 15) is 9.90 Å². The van der Waals surface area contributed by atoms with Crippen molar-refractivity contribution in [3.63, 3.8) is 0 Å². The van der Waals surface area contributed by atoms with Gasteiger partial charge in [-0.1, -0.05) is 15.9 Å². The number of halogens is 2. The third-order valence-corrected chi connectivity index (χ3v) is 1.78. The summed E-state index contributed by atoms with van der Waals surface area (Å²) in [4.78, 5) is 10.9. The van der Waals surface area contributed by atoms with E-state index in [-0.39, 0.29) is 28.1 Å². The number of likely N-dealkylation sites (N-methyl/N-ethyl adjacent to an activating group) is 1. The number of carbonyl (C=O) groups excluding carboxylic acids is 1. The van der Waals surface area contributed by atoms with Crippen LogP contribution in [-0.2, 0) is 4.79 Å². The molecule has 0 spiro atoms.